The topological polar surface area (TPSA) is 88.2 Å². The molecule has 170 valence electrons. The van der Waals surface area contributed by atoms with E-state index in [-0.39, 0.29) is 24.9 Å². The van der Waals surface area contributed by atoms with Crippen molar-refractivity contribution in [2.45, 2.75) is 32.3 Å². The zero-order chi connectivity index (χ0) is 22.7. The molecule has 0 bridgehead atoms. The van der Waals surface area contributed by atoms with Crippen LogP contribution in [0, 0.1) is 0 Å². The molecule has 32 heavy (non-hydrogen) atoms. The highest BCUT2D eigenvalue weighted by molar-refractivity contribution is 7.18. The summed E-state index contributed by atoms with van der Waals surface area (Å²) in [6.45, 7) is 3.44. The maximum atomic E-state index is 12.5. The first-order chi connectivity index (χ1) is 15.5. The average molecular weight is 478 g/mol. The van der Waals surface area contributed by atoms with E-state index in [0.29, 0.717) is 45.9 Å². The molecule has 1 N–H and O–H groups in total. The summed E-state index contributed by atoms with van der Waals surface area (Å²) >= 11 is 7.06. The molecule has 8 nitrogen and oxygen atoms in total. The van der Waals surface area contributed by atoms with Crippen LogP contribution in [0.25, 0.3) is 0 Å². The van der Waals surface area contributed by atoms with Crippen molar-refractivity contribution >= 4 is 52.2 Å². The number of thiophene rings is 1. The van der Waals surface area contributed by atoms with Gasteiger partial charge in [0, 0.05) is 19.0 Å². The van der Waals surface area contributed by atoms with E-state index < -0.39 is 12.2 Å². The molecule has 3 heterocycles. The molecule has 2 fully saturated rings. The highest BCUT2D eigenvalue weighted by Gasteiger charge is 2.33. The minimum absolute atomic E-state index is 0.0772. The van der Waals surface area contributed by atoms with Crippen LogP contribution >= 0.6 is 22.9 Å². The predicted octanol–water partition coefficient (Wildman–Crippen LogP) is 4.07. The number of nitrogens with zero attached hydrogens (tertiary/aromatic N) is 2. The number of anilines is 2. The lowest BCUT2D eigenvalue weighted by atomic mass is 10.1. The lowest BCUT2D eigenvalue weighted by molar-refractivity contribution is -0.119. The summed E-state index contributed by atoms with van der Waals surface area (Å²) in [5, 5.41) is 2.78. The number of amides is 3. The molecule has 0 saturated carbocycles. The van der Waals surface area contributed by atoms with Gasteiger partial charge < -0.3 is 19.7 Å². The molecule has 2 aromatic rings. The first-order valence-electron chi connectivity index (χ1n) is 10.5. The summed E-state index contributed by atoms with van der Waals surface area (Å²) in [6.07, 6.45) is 1.39. The Hall–Kier alpha value is -2.78. The second-order valence-electron chi connectivity index (χ2n) is 7.52. The molecule has 0 aliphatic carbocycles. The van der Waals surface area contributed by atoms with Gasteiger partial charge in [0.2, 0.25) is 5.91 Å². The number of halogens is 1. The van der Waals surface area contributed by atoms with Gasteiger partial charge in [-0.1, -0.05) is 11.6 Å². The normalized spacial score (nSPS) is 18.6. The molecule has 1 atom stereocenters. The molecule has 1 unspecified atom stereocenters. The number of carbonyl (C=O) groups excluding carboxylic acids is 3. The van der Waals surface area contributed by atoms with Gasteiger partial charge in [0.25, 0.3) is 5.91 Å². The maximum absolute atomic E-state index is 12.5. The fourth-order valence-corrected chi connectivity index (χ4v) is 4.75. The Morgan fingerprint density at radius 3 is 2.81 bits per heavy atom. The van der Waals surface area contributed by atoms with Crippen LogP contribution in [0.15, 0.2) is 30.3 Å². The molecule has 2 aliphatic rings. The molecule has 0 radical (unpaired) electrons. The summed E-state index contributed by atoms with van der Waals surface area (Å²) in [6, 6.07) is 8.67. The van der Waals surface area contributed by atoms with E-state index >= 15 is 0 Å². The number of cyclic esters (lactones) is 1. The van der Waals surface area contributed by atoms with Crippen molar-refractivity contribution in [3.05, 3.63) is 39.5 Å². The number of hydrogen-bond donors (Lipinski definition) is 1. The fourth-order valence-electron chi connectivity index (χ4n) is 3.79. The molecular formula is C22H24ClN3O5S. The number of rotatable bonds is 7. The van der Waals surface area contributed by atoms with Crippen molar-refractivity contribution in [2.24, 2.45) is 0 Å². The third-order valence-electron chi connectivity index (χ3n) is 5.33. The van der Waals surface area contributed by atoms with Gasteiger partial charge in [-0.2, -0.15) is 0 Å². The van der Waals surface area contributed by atoms with Gasteiger partial charge >= 0.3 is 6.09 Å². The Morgan fingerprint density at radius 2 is 2.09 bits per heavy atom. The minimum Gasteiger partial charge on any atom is -0.492 e. The summed E-state index contributed by atoms with van der Waals surface area (Å²) in [5.41, 5.74) is 1.33. The Labute approximate surface area is 195 Å². The summed E-state index contributed by atoms with van der Waals surface area (Å²) in [4.78, 5) is 40.8. The third-order valence-corrected chi connectivity index (χ3v) is 6.56. The van der Waals surface area contributed by atoms with Crippen LogP contribution in [-0.4, -0.2) is 50.3 Å². The van der Waals surface area contributed by atoms with Gasteiger partial charge in [-0.05, 0) is 44.0 Å². The first-order valence-corrected chi connectivity index (χ1v) is 11.7. The quantitative estimate of drug-likeness (QED) is 0.649. The zero-order valence-corrected chi connectivity index (χ0v) is 19.2. The van der Waals surface area contributed by atoms with Crippen LogP contribution < -0.4 is 19.9 Å². The molecule has 4 rings (SSSR count). The SMILES string of the molecule is CCOc1cc(N2CC(CNC(=O)c3ccc(Cl)s3)OC2=O)ccc1N1CCCCC1=O. The van der Waals surface area contributed by atoms with Gasteiger partial charge in [0.15, 0.2) is 0 Å². The first kappa shape index (κ1) is 22.4. The number of hydrogen-bond acceptors (Lipinski definition) is 6. The largest absolute Gasteiger partial charge is 0.492 e. The molecule has 1 aromatic carbocycles. The van der Waals surface area contributed by atoms with Crippen LogP contribution in [0.2, 0.25) is 4.34 Å². The number of nitrogens with one attached hydrogen (secondary N) is 1. The van der Waals surface area contributed by atoms with Crippen LogP contribution in [0.3, 0.4) is 0 Å². The molecule has 1 aromatic heterocycles. The Balaban J connectivity index is 1.44. The number of benzene rings is 1. The molecular weight excluding hydrogens is 454 g/mol. The zero-order valence-electron chi connectivity index (χ0n) is 17.6. The fraction of sp³-hybridized carbons (Fsp3) is 0.409. The molecule has 0 spiro atoms. The summed E-state index contributed by atoms with van der Waals surface area (Å²) < 4.78 is 11.8. The van der Waals surface area contributed by atoms with Crippen molar-refractivity contribution in [3.63, 3.8) is 0 Å². The molecule has 3 amide bonds. The van der Waals surface area contributed by atoms with Crippen molar-refractivity contribution < 1.29 is 23.9 Å². The van der Waals surface area contributed by atoms with Gasteiger partial charge in [0.05, 0.1) is 40.3 Å². The maximum Gasteiger partial charge on any atom is 0.414 e. The second kappa shape index (κ2) is 9.79. The average Bonchev–Trinajstić information content (AvgIpc) is 3.38. The van der Waals surface area contributed by atoms with Crippen molar-refractivity contribution in [1.82, 2.24) is 5.32 Å². The lowest BCUT2D eigenvalue weighted by Crippen LogP contribution is -2.35. The van der Waals surface area contributed by atoms with Crippen LogP contribution in [0.4, 0.5) is 16.2 Å². The van der Waals surface area contributed by atoms with Gasteiger partial charge in [-0.3, -0.25) is 14.5 Å². The van der Waals surface area contributed by atoms with E-state index in [4.69, 9.17) is 21.1 Å². The van der Waals surface area contributed by atoms with Crippen LogP contribution in [0.5, 0.6) is 5.75 Å². The monoisotopic (exact) mass is 477 g/mol. The van der Waals surface area contributed by atoms with Crippen LogP contribution in [0.1, 0.15) is 35.9 Å². The summed E-state index contributed by atoms with van der Waals surface area (Å²) in [5.74, 6) is 0.373. The Bertz CT molecular complexity index is 1030. The molecule has 2 aliphatic heterocycles. The van der Waals surface area contributed by atoms with E-state index in [1.165, 1.54) is 16.2 Å². The number of piperidine rings is 1. The van der Waals surface area contributed by atoms with Crippen LogP contribution in [-0.2, 0) is 9.53 Å². The highest BCUT2D eigenvalue weighted by Crippen LogP contribution is 2.36. The van der Waals surface area contributed by atoms with E-state index in [0.717, 1.165) is 12.8 Å². The van der Waals surface area contributed by atoms with Crippen molar-refractivity contribution in [1.29, 1.82) is 0 Å². The van der Waals surface area contributed by atoms with Crippen molar-refractivity contribution in [3.8, 4) is 5.75 Å². The lowest BCUT2D eigenvalue weighted by Gasteiger charge is -2.29. The smallest absolute Gasteiger partial charge is 0.414 e. The Morgan fingerprint density at radius 1 is 1.25 bits per heavy atom. The molecule has 2 saturated heterocycles. The second-order valence-corrected chi connectivity index (χ2v) is 9.23. The van der Waals surface area contributed by atoms with Crippen molar-refractivity contribution in [2.75, 3.05) is 36.0 Å². The van der Waals surface area contributed by atoms with E-state index in [9.17, 15) is 14.4 Å². The van der Waals surface area contributed by atoms with E-state index in [2.05, 4.69) is 5.32 Å². The third kappa shape index (κ3) is 4.83. The predicted molar refractivity (Wildman–Crippen MR) is 123 cm³/mol. The van der Waals surface area contributed by atoms with Gasteiger partial charge in [-0.25, -0.2) is 4.79 Å². The Kier molecular flexibility index (Phi) is 6.86. The number of carbonyl (C=O) groups is 3. The highest BCUT2D eigenvalue weighted by atomic mass is 35.5. The van der Waals surface area contributed by atoms with Gasteiger partial charge in [-0.15, -0.1) is 11.3 Å². The van der Waals surface area contributed by atoms with E-state index in [1.54, 1.807) is 29.2 Å². The summed E-state index contributed by atoms with van der Waals surface area (Å²) in [7, 11) is 0. The van der Waals surface area contributed by atoms with Gasteiger partial charge in [0.1, 0.15) is 11.9 Å². The molecule has 10 heteroatoms. The minimum atomic E-state index is -0.493. The standard InChI is InChI=1S/C22H24ClN3O5S/c1-2-30-17-11-14(6-7-16(17)25-10-4-3-5-20(25)27)26-13-15(31-22(26)29)12-24-21(28)18-8-9-19(23)32-18/h6-9,11,15H,2-5,10,12-13H2,1H3,(H,24,28). The van der Waals surface area contributed by atoms with E-state index in [1.807, 2.05) is 13.0 Å². The number of ether oxygens (including phenoxy) is 2.